The highest BCUT2D eigenvalue weighted by molar-refractivity contribution is 7.99. The van der Waals surface area contributed by atoms with Gasteiger partial charge in [0.05, 0.1) is 12.0 Å². The van der Waals surface area contributed by atoms with Gasteiger partial charge in [0.2, 0.25) is 0 Å². The second kappa shape index (κ2) is 5.91. The lowest BCUT2D eigenvalue weighted by molar-refractivity contribution is 0.873. The fourth-order valence-electron chi connectivity index (χ4n) is 0.875. The minimum Gasteiger partial charge on any atom is -0.336 e. The molecule has 13 heavy (non-hydrogen) atoms. The van der Waals surface area contributed by atoms with Crippen LogP contribution in [0, 0.1) is 6.92 Å². The van der Waals surface area contributed by atoms with Gasteiger partial charge in [-0.15, -0.1) is 0 Å². The van der Waals surface area contributed by atoms with Gasteiger partial charge < -0.3 is 8.87 Å². The number of rotatable bonds is 2. The highest BCUT2D eigenvalue weighted by atomic mass is 32.2. The van der Waals surface area contributed by atoms with Gasteiger partial charge in [-0.25, -0.2) is 4.98 Å². The van der Waals surface area contributed by atoms with Crippen LogP contribution in [0.4, 0.5) is 5.82 Å². The van der Waals surface area contributed by atoms with E-state index < -0.39 is 0 Å². The summed E-state index contributed by atoms with van der Waals surface area (Å²) in [6.07, 6.45) is 3.87. The summed E-state index contributed by atoms with van der Waals surface area (Å²) in [6.45, 7) is 6.06. The zero-order valence-corrected chi connectivity index (χ0v) is 10.1. The number of aromatic nitrogens is 2. The number of hydrogen-bond acceptors (Lipinski definition) is 3. The molecule has 0 aliphatic carbocycles. The Kier molecular flexibility index (Phi) is 5.62. The summed E-state index contributed by atoms with van der Waals surface area (Å²) in [7, 11) is 4.01. The summed E-state index contributed by atoms with van der Waals surface area (Å²) in [5.74, 6) is 1.04. The Labute approximate surface area is 85.3 Å². The first-order valence-electron chi connectivity index (χ1n) is 4.42. The van der Waals surface area contributed by atoms with Crippen LogP contribution in [0.3, 0.4) is 0 Å². The molecule has 0 aliphatic heterocycles. The number of aryl methyl sites for hydroxylation is 1. The Morgan fingerprint density at radius 1 is 1.46 bits per heavy atom. The largest absolute Gasteiger partial charge is 0.336 e. The quantitative estimate of drug-likeness (QED) is 0.686. The molecule has 0 saturated carbocycles. The molecular weight excluding hydrogens is 182 g/mol. The van der Waals surface area contributed by atoms with E-state index in [2.05, 4.69) is 16.2 Å². The van der Waals surface area contributed by atoms with Crippen molar-refractivity contribution in [3.8, 4) is 0 Å². The van der Waals surface area contributed by atoms with Crippen molar-refractivity contribution < 1.29 is 0 Å². The predicted molar refractivity (Wildman–Crippen MR) is 61.2 cm³/mol. The molecule has 0 saturated heterocycles. The highest BCUT2D eigenvalue weighted by Gasteiger charge is 2.06. The zero-order chi connectivity index (χ0) is 10.4. The van der Waals surface area contributed by atoms with Crippen molar-refractivity contribution in [2.75, 3.05) is 17.6 Å². The molecule has 4 heteroatoms. The van der Waals surface area contributed by atoms with Crippen molar-refractivity contribution >= 4 is 17.8 Å². The molecule has 3 nitrogen and oxygen atoms in total. The lowest BCUT2D eigenvalue weighted by atomic mass is 10.5. The molecule has 0 amide bonds. The topological polar surface area (TPSA) is 21.1 Å². The van der Waals surface area contributed by atoms with E-state index in [9.17, 15) is 0 Å². The summed E-state index contributed by atoms with van der Waals surface area (Å²) in [5, 5.41) is 0. The van der Waals surface area contributed by atoms with Crippen LogP contribution in [0.2, 0.25) is 0 Å². The summed E-state index contributed by atoms with van der Waals surface area (Å²) in [4.78, 5) is 4.25. The van der Waals surface area contributed by atoms with Crippen molar-refractivity contribution in [3.63, 3.8) is 0 Å². The SMILES string of the molecule is CC.CSN(C)c1ncn(C)c1C. The molecule has 76 valence electrons. The van der Waals surface area contributed by atoms with Gasteiger partial charge in [0.1, 0.15) is 0 Å². The summed E-state index contributed by atoms with van der Waals surface area (Å²) < 4.78 is 4.07. The molecule has 1 rings (SSSR count). The van der Waals surface area contributed by atoms with Crippen LogP contribution in [-0.2, 0) is 7.05 Å². The summed E-state index contributed by atoms with van der Waals surface area (Å²) in [5.41, 5.74) is 1.20. The van der Waals surface area contributed by atoms with E-state index in [-0.39, 0.29) is 0 Å². The normalized spacial score (nSPS) is 9.08. The molecule has 0 spiro atoms. The lowest BCUT2D eigenvalue weighted by Crippen LogP contribution is -2.07. The van der Waals surface area contributed by atoms with E-state index in [1.165, 1.54) is 5.69 Å². The Morgan fingerprint density at radius 2 is 2.00 bits per heavy atom. The van der Waals surface area contributed by atoms with Gasteiger partial charge in [-0.2, -0.15) is 0 Å². The average Bonchev–Trinajstić information content (AvgIpc) is 2.50. The van der Waals surface area contributed by atoms with Crippen LogP contribution in [0.5, 0.6) is 0 Å². The fraction of sp³-hybridized carbons (Fsp3) is 0.667. The van der Waals surface area contributed by atoms with Crippen LogP contribution in [0.15, 0.2) is 6.33 Å². The minimum absolute atomic E-state index is 1.04. The molecule has 0 radical (unpaired) electrons. The maximum atomic E-state index is 4.25. The molecule has 0 aromatic carbocycles. The van der Waals surface area contributed by atoms with Crippen LogP contribution in [0.1, 0.15) is 19.5 Å². The Morgan fingerprint density at radius 3 is 2.31 bits per heavy atom. The first-order chi connectivity index (χ1) is 6.16. The molecule has 0 bridgehead atoms. The second-order valence-electron chi connectivity index (χ2n) is 2.44. The minimum atomic E-state index is 1.04. The van der Waals surface area contributed by atoms with E-state index in [1.807, 2.05) is 45.1 Å². The van der Waals surface area contributed by atoms with E-state index in [4.69, 9.17) is 0 Å². The van der Waals surface area contributed by atoms with Crippen molar-refractivity contribution in [1.82, 2.24) is 9.55 Å². The maximum absolute atomic E-state index is 4.25. The molecule has 1 heterocycles. The van der Waals surface area contributed by atoms with Crippen LogP contribution in [0.25, 0.3) is 0 Å². The summed E-state index contributed by atoms with van der Waals surface area (Å²) in [6, 6.07) is 0. The van der Waals surface area contributed by atoms with E-state index in [0.29, 0.717) is 0 Å². The first kappa shape index (κ1) is 12.4. The Hall–Kier alpha value is -0.640. The third kappa shape index (κ3) is 2.95. The summed E-state index contributed by atoms with van der Waals surface area (Å²) >= 11 is 1.66. The molecule has 1 aromatic heterocycles. The fourth-order valence-corrected chi connectivity index (χ4v) is 1.23. The zero-order valence-electron chi connectivity index (χ0n) is 9.33. The monoisotopic (exact) mass is 201 g/mol. The van der Waals surface area contributed by atoms with E-state index in [1.54, 1.807) is 11.9 Å². The van der Waals surface area contributed by atoms with Crippen LogP contribution in [-0.4, -0.2) is 22.9 Å². The van der Waals surface area contributed by atoms with Crippen molar-refractivity contribution in [1.29, 1.82) is 0 Å². The maximum Gasteiger partial charge on any atom is 0.159 e. The van der Waals surface area contributed by atoms with Gasteiger partial charge in [0.15, 0.2) is 5.82 Å². The molecular formula is C9H19N3S. The lowest BCUT2D eigenvalue weighted by Gasteiger charge is -2.12. The molecule has 0 N–H and O–H groups in total. The van der Waals surface area contributed by atoms with Crippen molar-refractivity contribution in [2.45, 2.75) is 20.8 Å². The highest BCUT2D eigenvalue weighted by Crippen LogP contribution is 2.19. The van der Waals surface area contributed by atoms with Gasteiger partial charge in [-0.1, -0.05) is 25.8 Å². The van der Waals surface area contributed by atoms with Gasteiger partial charge in [-0.3, -0.25) is 0 Å². The van der Waals surface area contributed by atoms with Crippen molar-refractivity contribution in [3.05, 3.63) is 12.0 Å². The van der Waals surface area contributed by atoms with Crippen LogP contribution >= 0.6 is 11.9 Å². The smallest absolute Gasteiger partial charge is 0.159 e. The van der Waals surface area contributed by atoms with Crippen molar-refractivity contribution in [2.24, 2.45) is 7.05 Å². The van der Waals surface area contributed by atoms with Gasteiger partial charge in [0.25, 0.3) is 0 Å². The molecule has 0 atom stereocenters. The third-order valence-electron chi connectivity index (χ3n) is 1.78. The number of anilines is 1. The number of hydrogen-bond donors (Lipinski definition) is 0. The van der Waals surface area contributed by atoms with Crippen LogP contribution < -0.4 is 4.31 Å². The standard InChI is InChI=1S/C7H13N3S.C2H6/c1-6-7(10(3)11-4)8-5-9(6)2;1-2/h5H,1-4H3;1-2H3. The number of imidazole rings is 1. The van der Waals surface area contributed by atoms with E-state index >= 15 is 0 Å². The number of nitrogens with zero attached hydrogens (tertiary/aromatic N) is 3. The molecule has 0 fully saturated rings. The molecule has 0 aliphatic rings. The molecule has 0 unspecified atom stereocenters. The molecule has 1 aromatic rings. The van der Waals surface area contributed by atoms with Gasteiger partial charge >= 0.3 is 0 Å². The van der Waals surface area contributed by atoms with Gasteiger partial charge in [-0.05, 0) is 6.92 Å². The second-order valence-corrected chi connectivity index (χ2v) is 3.36. The third-order valence-corrected chi connectivity index (χ3v) is 2.50. The predicted octanol–water partition coefficient (Wildman–Crippen LogP) is 2.47. The Bertz CT molecular complexity index is 245. The van der Waals surface area contributed by atoms with Gasteiger partial charge in [0, 0.05) is 20.4 Å². The first-order valence-corrected chi connectivity index (χ1v) is 5.60. The average molecular weight is 201 g/mol. The Balaban J connectivity index is 0.000000671. The van der Waals surface area contributed by atoms with E-state index in [0.717, 1.165) is 5.82 Å².